The maximum atomic E-state index is 6.02. The molecular weight excluding hydrogens is 387 g/mol. The van der Waals surface area contributed by atoms with E-state index in [9.17, 15) is 0 Å². The second-order valence-electron chi connectivity index (χ2n) is 4.93. The summed E-state index contributed by atoms with van der Waals surface area (Å²) in [6.07, 6.45) is 1.73. The maximum absolute atomic E-state index is 6.02. The highest BCUT2D eigenvalue weighted by Gasteiger charge is 2.16. The van der Waals surface area contributed by atoms with Crippen LogP contribution in [0.15, 0.2) is 23.1 Å². The van der Waals surface area contributed by atoms with Crippen molar-refractivity contribution in [3.05, 3.63) is 33.8 Å². The van der Waals surface area contributed by atoms with E-state index in [0.717, 1.165) is 16.8 Å². The lowest BCUT2D eigenvalue weighted by Crippen LogP contribution is -2.15. The zero-order chi connectivity index (χ0) is 15.9. The number of halogens is 2. The third-order valence-corrected chi connectivity index (χ3v) is 4.92. The van der Waals surface area contributed by atoms with Crippen LogP contribution in [0.5, 0.6) is 0 Å². The SMILES string of the molecule is CP(C)c1nc(N)c2nc(Br)n(Cc3ccc(Cl)nc3)c2n1. The third kappa shape index (κ3) is 2.93. The van der Waals surface area contributed by atoms with E-state index >= 15 is 0 Å². The van der Waals surface area contributed by atoms with Crippen LogP contribution in [0.25, 0.3) is 11.2 Å². The predicted molar refractivity (Wildman–Crippen MR) is 94.2 cm³/mol. The van der Waals surface area contributed by atoms with Gasteiger partial charge in [0.05, 0.1) is 6.54 Å². The van der Waals surface area contributed by atoms with Crippen LogP contribution in [0.3, 0.4) is 0 Å². The molecule has 0 aliphatic carbocycles. The summed E-state index contributed by atoms with van der Waals surface area (Å²) >= 11 is 9.29. The van der Waals surface area contributed by atoms with Crippen molar-refractivity contribution < 1.29 is 0 Å². The fraction of sp³-hybridized carbons (Fsp3) is 0.231. The molecule has 114 valence electrons. The molecule has 3 rings (SSSR count). The Morgan fingerprint density at radius 2 is 2.05 bits per heavy atom. The summed E-state index contributed by atoms with van der Waals surface area (Å²) in [5, 5.41) is 0.467. The molecule has 3 heterocycles. The minimum atomic E-state index is -0.440. The van der Waals surface area contributed by atoms with Crippen molar-refractivity contribution in [2.45, 2.75) is 6.54 Å². The summed E-state index contributed by atoms with van der Waals surface area (Å²) in [5.41, 5.74) is 9.12. The van der Waals surface area contributed by atoms with Gasteiger partial charge in [-0.25, -0.2) is 19.9 Å². The Hall–Kier alpha value is -1.30. The Bertz CT molecular complexity index is 833. The predicted octanol–water partition coefficient (Wildman–Crippen LogP) is 2.63. The summed E-state index contributed by atoms with van der Waals surface area (Å²) in [7, 11) is -0.440. The molecule has 0 fully saturated rings. The minimum Gasteiger partial charge on any atom is -0.382 e. The average molecular weight is 400 g/mol. The number of hydrogen-bond donors (Lipinski definition) is 1. The molecule has 0 radical (unpaired) electrons. The molecule has 6 nitrogen and oxygen atoms in total. The van der Waals surface area contributed by atoms with Crippen molar-refractivity contribution >= 4 is 58.0 Å². The second-order valence-corrected chi connectivity index (χ2v) is 8.22. The quantitative estimate of drug-likeness (QED) is 0.416. The molecule has 0 bridgehead atoms. The molecule has 0 aliphatic heterocycles. The van der Waals surface area contributed by atoms with Crippen LogP contribution in [0, 0.1) is 0 Å². The molecule has 3 aromatic heterocycles. The highest BCUT2D eigenvalue weighted by molar-refractivity contribution is 9.10. The standard InChI is InChI=1S/C13H13BrClN6P/c1-22(2)13-19-10(16)9-11(20-13)21(12(14)18-9)6-7-3-4-8(15)17-5-7/h3-5H,6H2,1-2H3,(H2,16,19,20). The molecule has 9 heteroatoms. The van der Waals surface area contributed by atoms with Gasteiger partial charge in [-0.1, -0.05) is 17.7 Å². The Morgan fingerprint density at radius 1 is 1.27 bits per heavy atom. The number of imidazole rings is 1. The van der Waals surface area contributed by atoms with Gasteiger partial charge >= 0.3 is 0 Å². The lowest BCUT2D eigenvalue weighted by Gasteiger charge is -2.08. The topological polar surface area (TPSA) is 82.5 Å². The molecule has 22 heavy (non-hydrogen) atoms. The first kappa shape index (κ1) is 15.6. The Kier molecular flexibility index (Phi) is 4.30. The van der Waals surface area contributed by atoms with Crippen LogP contribution >= 0.6 is 35.5 Å². The zero-order valence-electron chi connectivity index (χ0n) is 12.0. The van der Waals surface area contributed by atoms with Gasteiger partial charge in [0.2, 0.25) is 0 Å². The Morgan fingerprint density at radius 3 is 2.68 bits per heavy atom. The van der Waals surface area contributed by atoms with E-state index in [1.54, 1.807) is 12.3 Å². The molecule has 0 spiro atoms. The van der Waals surface area contributed by atoms with Gasteiger partial charge in [0.15, 0.2) is 27.3 Å². The molecular formula is C13H13BrClN6P. The van der Waals surface area contributed by atoms with E-state index < -0.39 is 7.92 Å². The van der Waals surface area contributed by atoms with Gasteiger partial charge in [-0.2, -0.15) is 0 Å². The summed E-state index contributed by atoms with van der Waals surface area (Å²) < 4.78 is 2.60. The van der Waals surface area contributed by atoms with Crippen LogP contribution in [-0.2, 0) is 6.54 Å². The number of anilines is 1. The van der Waals surface area contributed by atoms with Crippen LogP contribution in [-0.4, -0.2) is 37.8 Å². The Labute approximate surface area is 142 Å². The monoisotopic (exact) mass is 398 g/mol. The summed E-state index contributed by atoms with van der Waals surface area (Å²) in [6, 6.07) is 3.68. The number of nitrogen functional groups attached to an aromatic ring is 1. The molecule has 0 aliphatic rings. The van der Waals surface area contributed by atoms with E-state index in [4.69, 9.17) is 17.3 Å². The highest BCUT2D eigenvalue weighted by atomic mass is 79.9. The minimum absolute atomic E-state index is 0.407. The number of aromatic nitrogens is 5. The fourth-order valence-corrected chi connectivity index (χ4v) is 3.19. The number of rotatable bonds is 3. The molecule has 0 saturated carbocycles. The summed E-state index contributed by atoms with van der Waals surface area (Å²) in [4.78, 5) is 17.5. The van der Waals surface area contributed by atoms with Gasteiger partial charge in [0, 0.05) is 6.20 Å². The number of fused-ring (bicyclic) bond motifs is 1. The second kappa shape index (κ2) is 6.07. The average Bonchev–Trinajstić information content (AvgIpc) is 2.78. The number of pyridine rings is 1. The lowest BCUT2D eigenvalue weighted by molar-refractivity contribution is 0.788. The van der Waals surface area contributed by atoms with Crippen LogP contribution in [0.2, 0.25) is 5.15 Å². The van der Waals surface area contributed by atoms with E-state index in [1.807, 2.05) is 10.6 Å². The fourth-order valence-electron chi connectivity index (χ4n) is 2.01. The van der Waals surface area contributed by atoms with Crippen molar-refractivity contribution in [1.82, 2.24) is 24.5 Å². The number of hydrogen-bond acceptors (Lipinski definition) is 5. The van der Waals surface area contributed by atoms with E-state index in [-0.39, 0.29) is 0 Å². The van der Waals surface area contributed by atoms with Crippen molar-refractivity contribution in [1.29, 1.82) is 0 Å². The molecule has 0 amide bonds. The van der Waals surface area contributed by atoms with Gasteiger partial charge in [-0.15, -0.1) is 0 Å². The maximum Gasteiger partial charge on any atom is 0.179 e. The normalized spacial score (nSPS) is 11.5. The largest absolute Gasteiger partial charge is 0.382 e. The summed E-state index contributed by atoms with van der Waals surface area (Å²) in [5.74, 6) is 0.407. The number of nitrogens with two attached hydrogens (primary N) is 1. The van der Waals surface area contributed by atoms with Gasteiger partial charge in [-0.05, 0) is 48.8 Å². The first-order valence-electron chi connectivity index (χ1n) is 6.42. The van der Waals surface area contributed by atoms with Gasteiger partial charge in [-0.3, -0.25) is 4.57 Å². The Balaban J connectivity index is 2.12. The van der Waals surface area contributed by atoms with Gasteiger partial charge in [0.1, 0.15) is 5.15 Å². The van der Waals surface area contributed by atoms with Crippen molar-refractivity contribution in [3.8, 4) is 0 Å². The van der Waals surface area contributed by atoms with Gasteiger partial charge < -0.3 is 5.73 Å². The van der Waals surface area contributed by atoms with Crippen LogP contribution in [0.1, 0.15) is 5.56 Å². The molecule has 0 unspecified atom stereocenters. The lowest BCUT2D eigenvalue weighted by atomic mass is 10.3. The number of nitrogens with zero attached hydrogens (tertiary/aromatic N) is 5. The van der Waals surface area contributed by atoms with E-state index in [2.05, 4.69) is 49.2 Å². The van der Waals surface area contributed by atoms with E-state index in [0.29, 0.717) is 27.8 Å². The molecule has 0 atom stereocenters. The van der Waals surface area contributed by atoms with Crippen LogP contribution in [0.4, 0.5) is 5.82 Å². The first-order chi connectivity index (χ1) is 10.5. The molecule has 3 aromatic rings. The molecule has 0 saturated heterocycles. The molecule has 0 aromatic carbocycles. The van der Waals surface area contributed by atoms with Gasteiger partial charge in [0.25, 0.3) is 0 Å². The van der Waals surface area contributed by atoms with Crippen molar-refractivity contribution in [2.75, 3.05) is 19.1 Å². The first-order valence-corrected chi connectivity index (χ1v) is 9.83. The molecule has 2 N–H and O–H groups in total. The summed E-state index contributed by atoms with van der Waals surface area (Å²) in [6.45, 7) is 4.76. The van der Waals surface area contributed by atoms with Crippen LogP contribution < -0.4 is 11.3 Å². The third-order valence-electron chi connectivity index (χ3n) is 3.09. The van der Waals surface area contributed by atoms with E-state index in [1.165, 1.54) is 0 Å². The van der Waals surface area contributed by atoms with Crippen molar-refractivity contribution in [2.24, 2.45) is 0 Å². The smallest absolute Gasteiger partial charge is 0.179 e. The van der Waals surface area contributed by atoms with Crippen molar-refractivity contribution in [3.63, 3.8) is 0 Å². The highest BCUT2D eigenvalue weighted by Crippen LogP contribution is 2.27. The zero-order valence-corrected chi connectivity index (χ0v) is 15.2.